The number of fused-ring (bicyclic) bond motifs is 1. The number of hydrogen-bond donors (Lipinski definition) is 1. The third kappa shape index (κ3) is 2.29. The van der Waals surface area contributed by atoms with E-state index in [2.05, 4.69) is 40.5 Å². The maximum absolute atomic E-state index is 4.44. The lowest BCUT2D eigenvalue weighted by Gasteiger charge is -2.07. The van der Waals surface area contributed by atoms with Crippen molar-refractivity contribution in [1.82, 2.24) is 14.8 Å². The fourth-order valence-corrected chi connectivity index (χ4v) is 2.09. The van der Waals surface area contributed by atoms with Crippen LogP contribution in [0.2, 0.25) is 0 Å². The molecule has 3 aromatic rings. The predicted octanol–water partition coefficient (Wildman–Crippen LogP) is 3.24. The molecule has 0 saturated carbocycles. The zero-order valence-electron chi connectivity index (χ0n) is 10.9. The Morgan fingerprint density at radius 1 is 1.16 bits per heavy atom. The second-order valence-corrected chi connectivity index (χ2v) is 4.47. The summed E-state index contributed by atoms with van der Waals surface area (Å²) in [6.45, 7) is 3.09. The van der Waals surface area contributed by atoms with E-state index in [4.69, 9.17) is 0 Å². The molecular weight excluding hydrogens is 236 g/mol. The first-order chi connectivity index (χ1) is 9.38. The minimum atomic E-state index is 0.949. The lowest BCUT2D eigenvalue weighted by atomic mass is 10.2. The van der Waals surface area contributed by atoms with Crippen molar-refractivity contribution in [3.63, 3.8) is 0 Å². The highest BCUT2D eigenvalue weighted by molar-refractivity contribution is 5.80. The van der Waals surface area contributed by atoms with E-state index < -0.39 is 0 Å². The van der Waals surface area contributed by atoms with Gasteiger partial charge in [-0.15, -0.1) is 0 Å². The van der Waals surface area contributed by atoms with Gasteiger partial charge >= 0.3 is 0 Å². The highest BCUT2D eigenvalue weighted by Crippen LogP contribution is 2.19. The second kappa shape index (κ2) is 5.10. The summed E-state index contributed by atoms with van der Waals surface area (Å²) in [7, 11) is 0. The van der Waals surface area contributed by atoms with Crippen LogP contribution in [-0.2, 0) is 0 Å². The Morgan fingerprint density at radius 2 is 2.05 bits per heavy atom. The van der Waals surface area contributed by atoms with Gasteiger partial charge in [0.05, 0.1) is 35.5 Å². The van der Waals surface area contributed by atoms with Gasteiger partial charge in [-0.25, -0.2) is 4.68 Å². The summed E-state index contributed by atoms with van der Waals surface area (Å²) in [6.07, 6.45) is 6.64. The Balaban J connectivity index is 2.01. The number of nitrogens with zero attached hydrogens (tertiary/aromatic N) is 3. The van der Waals surface area contributed by atoms with E-state index in [1.54, 1.807) is 0 Å². The predicted molar refractivity (Wildman–Crippen MR) is 77.6 cm³/mol. The van der Waals surface area contributed by atoms with Crippen molar-refractivity contribution in [3.8, 4) is 5.69 Å². The van der Waals surface area contributed by atoms with E-state index in [1.807, 2.05) is 35.4 Å². The molecule has 0 radical (unpaired) electrons. The first-order valence-corrected chi connectivity index (χ1v) is 6.50. The number of anilines is 1. The highest BCUT2D eigenvalue weighted by atomic mass is 15.3. The third-order valence-electron chi connectivity index (χ3n) is 3.02. The maximum atomic E-state index is 4.44. The molecule has 3 rings (SSSR count). The molecule has 0 saturated heterocycles. The molecule has 0 atom stereocenters. The Kier molecular flexibility index (Phi) is 3.14. The average Bonchev–Trinajstić information content (AvgIpc) is 2.89. The van der Waals surface area contributed by atoms with Gasteiger partial charge in [0.1, 0.15) is 0 Å². The molecule has 0 aliphatic rings. The van der Waals surface area contributed by atoms with Crippen LogP contribution in [0.4, 0.5) is 5.69 Å². The van der Waals surface area contributed by atoms with Crippen LogP contribution in [0.15, 0.2) is 48.9 Å². The number of nitrogens with one attached hydrogen (secondary N) is 1. The van der Waals surface area contributed by atoms with Crippen molar-refractivity contribution in [2.24, 2.45) is 0 Å². The van der Waals surface area contributed by atoms with Crippen molar-refractivity contribution in [2.75, 3.05) is 11.9 Å². The zero-order valence-corrected chi connectivity index (χ0v) is 10.9. The molecule has 1 aromatic carbocycles. The molecule has 19 heavy (non-hydrogen) atoms. The molecule has 2 aromatic heterocycles. The van der Waals surface area contributed by atoms with Crippen LogP contribution in [0.25, 0.3) is 16.6 Å². The summed E-state index contributed by atoms with van der Waals surface area (Å²) in [5.41, 5.74) is 3.10. The average molecular weight is 252 g/mol. The van der Waals surface area contributed by atoms with Crippen LogP contribution in [0.1, 0.15) is 13.3 Å². The van der Waals surface area contributed by atoms with Gasteiger partial charge in [-0.2, -0.15) is 5.10 Å². The highest BCUT2D eigenvalue weighted by Gasteiger charge is 2.05. The number of para-hydroxylation sites is 1. The molecule has 0 amide bonds. The number of hydrogen-bond acceptors (Lipinski definition) is 3. The van der Waals surface area contributed by atoms with Crippen LogP contribution < -0.4 is 5.32 Å². The molecule has 4 heteroatoms. The number of benzene rings is 1. The Bertz CT molecular complexity index is 687. The fraction of sp³-hybridized carbons (Fsp3) is 0.200. The van der Waals surface area contributed by atoms with Gasteiger partial charge in [0.15, 0.2) is 0 Å². The monoisotopic (exact) mass is 252 g/mol. The van der Waals surface area contributed by atoms with Gasteiger partial charge < -0.3 is 5.32 Å². The standard InChI is InChI=1S/C15H16N4/c1-2-7-17-13-8-14(11-16-10-13)19-15-6-4-3-5-12(15)9-18-19/h3-6,8-11,17H,2,7H2,1H3. The Hall–Kier alpha value is -2.36. The van der Waals surface area contributed by atoms with Gasteiger partial charge in [0.25, 0.3) is 0 Å². The fourth-order valence-electron chi connectivity index (χ4n) is 2.09. The topological polar surface area (TPSA) is 42.7 Å². The van der Waals surface area contributed by atoms with Crippen molar-refractivity contribution < 1.29 is 0 Å². The maximum Gasteiger partial charge on any atom is 0.0856 e. The van der Waals surface area contributed by atoms with Crippen LogP contribution >= 0.6 is 0 Å². The molecular formula is C15H16N4. The lowest BCUT2D eigenvalue weighted by molar-refractivity contribution is 0.901. The molecule has 0 aliphatic heterocycles. The summed E-state index contributed by atoms with van der Waals surface area (Å²) in [6, 6.07) is 10.2. The van der Waals surface area contributed by atoms with Gasteiger partial charge in [-0.05, 0) is 18.6 Å². The summed E-state index contributed by atoms with van der Waals surface area (Å²) in [5.74, 6) is 0. The largest absolute Gasteiger partial charge is 0.384 e. The summed E-state index contributed by atoms with van der Waals surface area (Å²) >= 11 is 0. The van der Waals surface area contributed by atoms with Crippen molar-refractivity contribution in [2.45, 2.75) is 13.3 Å². The van der Waals surface area contributed by atoms with Gasteiger partial charge in [0, 0.05) is 11.9 Å². The minimum absolute atomic E-state index is 0.949. The smallest absolute Gasteiger partial charge is 0.0856 e. The van der Waals surface area contributed by atoms with Crippen LogP contribution in [-0.4, -0.2) is 21.3 Å². The molecule has 0 aliphatic carbocycles. The van der Waals surface area contributed by atoms with Crippen molar-refractivity contribution in [1.29, 1.82) is 0 Å². The van der Waals surface area contributed by atoms with Crippen LogP contribution in [0, 0.1) is 0 Å². The molecule has 4 nitrogen and oxygen atoms in total. The van der Waals surface area contributed by atoms with Crippen molar-refractivity contribution >= 4 is 16.6 Å². The molecule has 0 bridgehead atoms. The van der Waals surface area contributed by atoms with Crippen LogP contribution in [0.5, 0.6) is 0 Å². The normalized spacial score (nSPS) is 10.8. The molecule has 0 spiro atoms. The number of pyridine rings is 1. The van der Waals surface area contributed by atoms with Gasteiger partial charge in [-0.3, -0.25) is 4.98 Å². The van der Waals surface area contributed by atoms with E-state index >= 15 is 0 Å². The van der Waals surface area contributed by atoms with E-state index in [9.17, 15) is 0 Å². The number of rotatable bonds is 4. The molecule has 2 heterocycles. The van der Waals surface area contributed by atoms with E-state index in [-0.39, 0.29) is 0 Å². The summed E-state index contributed by atoms with van der Waals surface area (Å²) in [4.78, 5) is 4.28. The Labute approximate surface area is 112 Å². The van der Waals surface area contributed by atoms with Crippen molar-refractivity contribution in [3.05, 3.63) is 48.9 Å². The number of aromatic nitrogens is 3. The van der Waals surface area contributed by atoms with E-state index in [1.165, 1.54) is 0 Å². The van der Waals surface area contributed by atoms with E-state index in [0.717, 1.165) is 35.2 Å². The third-order valence-corrected chi connectivity index (χ3v) is 3.02. The van der Waals surface area contributed by atoms with Gasteiger partial charge in [-0.1, -0.05) is 25.1 Å². The summed E-state index contributed by atoms with van der Waals surface area (Å²) < 4.78 is 1.92. The molecule has 96 valence electrons. The lowest BCUT2D eigenvalue weighted by Crippen LogP contribution is -2.02. The minimum Gasteiger partial charge on any atom is -0.384 e. The first kappa shape index (κ1) is 11.7. The van der Waals surface area contributed by atoms with Crippen LogP contribution in [0.3, 0.4) is 0 Å². The summed E-state index contributed by atoms with van der Waals surface area (Å²) in [5, 5.41) is 8.91. The SMILES string of the molecule is CCCNc1cncc(-n2ncc3ccccc32)c1. The zero-order chi connectivity index (χ0) is 13.1. The van der Waals surface area contributed by atoms with Gasteiger partial charge in [0.2, 0.25) is 0 Å². The molecule has 0 fully saturated rings. The van der Waals surface area contributed by atoms with E-state index in [0.29, 0.717) is 0 Å². The molecule has 0 unspecified atom stereocenters. The second-order valence-electron chi connectivity index (χ2n) is 4.47. The quantitative estimate of drug-likeness (QED) is 0.775. The molecule has 1 N–H and O–H groups in total. The Morgan fingerprint density at radius 3 is 2.95 bits per heavy atom. The first-order valence-electron chi connectivity index (χ1n) is 6.50.